The fraction of sp³-hybridized carbons (Fsp3) is 0.917. The van der Waals surface area contributed by atoms with Crippen LogP contribution in [-0.2, 0) is 4.79 Å². The second-order valence-electron chi connectivity index (χ2n) is 5.06. The monoisotopic (exact) mass is 263 g/mol. The Balaban J connectivity index is 0.00000256. The highest BCUT2D eigenvalue weighted by Gasteiger charge is 2.19. The van der Waals surface area contributed by atoms with Crippen LogP contribution in [0.3, 0.4) is 0 Å². The van der Waals surface area contributed by atoms with Gasteiger partial charge in [0.1, 0.15) is 0 Å². The molecule has 0 spiro atoms. The van der Waals surface area contributed by atoms with Crippen LogP contribution in [0.5, 0.6) is 0 Å². The molecule has 1 aliphatic rings. The molecule has 0 bridgehead atoms. The highest BCUT2D eigenvalue weighted by Crippen LogP contribution is 2.08. The average molecular weight is 264 g/mol. The molecule has 0 aromatic rings. The van der Waals surface area contributed by atoms with Gasteiger partial charge in [0.2, 0.25) is 5.91 Å². The Morgan fingerprint density at radius 3 is 2.76 bits per heavy atom. The molecule has 0 aliphatic carbocycles. The first-order valence-electron chi connectivity index (χ1n) is 6.28. The molecule has 0 saturated carbocycles. The van der Waals surface area contributed by atoms with Crippen LogP contribution in [0.2, 0.25) is 0 Å². The fourth-order valence-electron chi connectivity index (χ4n) is 2.01. The van der Waals surface area contributed by atoms with E-state index in [1.807, 2.05) is 7.05 Å². The molecule has 5 heteroatoms. The van der Waals surface area contributed by atoms with Gasteiger partial charge in [-0.3, -0.25) is 9.69 Å². The smallest absolute Gasteiger partial charge is 0.234 e. The normalized spacial score (nSPS) is 21.1. The van der Waals surface area contributed by atoms with Crippen molar-refractivity contribution in [2.75, 3.05) is 33.2 Å². The first-order chi connectivity index (χ1) is 7.61. The van der Waals surface area contributed by atoms with Crippen LogP contribution in [0, 0.1) is 5.92 Å². The molecule has 1 rings (SSSR count). The highest BCUT2D eigenvalue weighted by atomic mass is 35.5. The lowest BCUT2D eigenvalue weighted by atomic mass is 10.1. The summed E-state index contributed by atoms with van der Waals surface area (Å²) in [4.78, 5) is 13.9. The molecule has 2 N–H and O–H groups in total. The highest BCUT2D eigenvalue weighted by molar-refractivity contribution is 5.85. The third-order valence-corrected chi connectivity index (χ3v) is 2.99. The molecule has 0 aromatic carbocycles. The number of likely N-dealkylation sites (N-methyl/N-ethyl adjacent to an activating group) is 1. The van der Waals surface area contributed by atoms with Gasteiger partial charge in [0, 0.05) is 19.1 Å². The Kier molecular flexibility index (Phi) is 8.56. The number of nitrogens with zero attached hydrogens (tertiary/aromatic N) is 1. The zero-order valence-corrected chi connectivity index (χ0v) is 12.0. The van der Waals surface area contributed by atoms with E-state index < -0.39 is 0 Å². The maximum atomic E-state index is 11.6. The first-order valence-corrected chi connectivity index (χ1v) is 6.28. The number of rotatable bonds is 5. The lowest BCUT2D eigenvalue weighted by Gasteiger charge is -2.31. The zero-order valence-electron chi connectivity index (χ0n) is 11.2. The molecule has 1 fully saturated rings. The second kappa shape index (κ2) is 8.72. The van der Waals surface area contributed by atoms with Crippen molar-refractivity contribution >= 4 is 18.3 Å². The number of likely N-dealkylation sites (tertiary alicyclic amines) is 1. The van der Waals surface area contributed by atoms with Gasteiger partial charge in [-0.2, -0.15) is 0 Å². The third kappa shape index (κ3) is 6.86. The Morgan fingerprint density at radius 2 is 2.18 bits per heavy atom. The van der Waals surface area contributed by atoms with Crippen LogP contribution < -0.4 is 10.6 Å². The summed E-state index contributed by atoms with van der Waals surface area (Å²) >= 11 is 0. The number of piperidine rings is 1. The van der Waals surface area contributed by atoms with Crippen molar-refractivity contribution in [2.24, 2.45) is 5.92 Å². The maximum Gasteiger partial charge on any atom is 0.234 e. The zero-order chi connectivity index (χ0) is 12.0. The van der Waals surface area contributed by atoms with E-state index >= 15 is 0 Å². The summed E-state index contributed by atoms with van der Waals surface area (Å²) in [5.74, 6) is 0.681. The van der Waals surface area contributed by atoms with Crippen molar-refractivity contribution in [3.63, 3.8) is 0 Å². The Labute approximate surface area is 111 Å². The number of halogens is 1. The van der Waals surface area contributed by atoms with Gasteiger partial charge in [0.15, 0.2) is 0 Å². The summed E-state index contributed by atoms with van der Waals surface area (Å²) in [6.07, 6.45) is 2.41. The van der Waals surface area contributed by atoms with E-state index in [2.05, 4.69) is 29.4 Å². The molecule has 0 aromatic heterocycles. The number of hydrogen-bond donors (Lipinski definition) is 2. The van der Waals surface area contributed by atoms with Crippen LogP contribution in [-0.4, -0.2) is 50.1 Å². The van der Waals surface area contributed by atoms with E-state index in [1.54, 1.807) is 0 Å². The van der Waals surface area contributed by atoms with E-state index in [0.717, 1.165) is 19.6 Å². The van der Waals surface area contributed by atoms with Gasteiger partial charge in [0.25, 0.3) is 0 Å². The van der Waals surface area contributed by atoms with Gasteiger partial charge in [-0.15, -0.1) is 12.4 Å². The molecule has 17 heavy (non-hydrogen) atoms. The third-order valence-electron chi connectivity index (χ3n) is 2.99. The lowest BCUT2D eigenvalue weighted by molar-refractivity contribution is -0.122. The van der Waals surface area contributed by atoms with Crippen LogP contribution in [0.25, 0.3) is 0 Å². The van der Waals surface area contributed by atoms with E-state index in [4.69, 9.17) is 0 Å². The van der Waals surface area contributed by atoms with Crippen LogP contribution in [0.15, 0.2) is 0 Å². The quantitative estimate of drug-likeness (QED) is 0.774. The molecule has 1 atom stereocenters. The summed E-state index contributed by atoms with van der Waals surface area (Å²) in [6.45, 7) is 7.59. The minimum absolute atomic E-state index is 0. The molecule has 1 amide bonds. The van der Waals surface area contributed by atoms with Crippen molar-refractivity contribution < 1.29 is 4.79 Å². The average Bonchev–Trinajstić information content (AvgIpc) is 2.26. The molecular weight excluding hydrogens is 238 g/mol. The summed E-state index contributed by atoms with van der Waals surface area (Å²) in [7, 11) is 1.99. The minimum atomic E-state index is 0. The van der Waals surface area contributed by atoms with E-state index in [9.17, 15) is 4.79 Å². The summed E-state index contributed by atoms with van der Waals surface area (Å²) in [5, 5.41) is 6.25. The summed E-state index contributed by atoms with van der Waals surface area (Å²) < 4.78 is 0. The SMILES string of the molecule is CNC1CCCN(CC(=O)NCC(C)C)C1.Cl. The van der Waals surface area contributed by atoms with E-state index in [-0.39, 0.29) is 18.3 Å². The van der Waals surface area contributed by atoms with Gasteiger partial charge < -0.3 is 10.6 Å². The van der Waals surface area contributed by atoms with Crippen LogP contribution >= 0.6 is 12.4 Å². The largest absolute Gasteiger partial charge is 0.355 e. The summed E-state index contributed by atoms with van der Waals surface area (Å²) in [5.41, 5.74) is 0. The Bertz CT molecular complexity index is 224. The molecule has 0 radical (unpaired) electrons. The molecule has 1 saturated heterocycles. The topological polar surface area (TPSA) is 44.4 Å². The standard InChI is InChI=1S/C12H25N3O.ClH/c1-10(2)7-14-12(16)9-15-6-4-5-11(8-15)13-3;/h10-11,13H,4-9H2,1-3H3,(H,14,16);1H. The van der Waals surface area contributed by atoms with Gasteiger partial charge in [-0.1, -0.05) is 13.8 Å². The van der Waals surface area contributed by atoms with E-state index in [0.29, 0.717) is 18.5 Å². The van der Waals surface area contributed by atoms with Gasteiger partial charge in [-0.05, 0) is 32.4 Å². The molecule has 4 nitrogen and oxygen atoms in total. The van der Waals surface area contributed by atoms with Crippen molar-refractivity contribution in [1.82, 2.24) is 15.5 Å². The molecule has 102 valence electrons. The maximum absolute atomic E-state index is 11.6. The van der Waals surface area contributed by atoms with Crippen molar-refractivity contribution in [1.29, 1.82) is 0 Å². The number of amides is 1. The second-order valence-corrected chi connectivity index (χ2v) is 5.06. The fourth-order valence-corrected chi connectivity index (χ4v) is 2.01. The first kappa shape index (κ1) is 16.7. The number of carbonyl (C=O) groups excluding carboxylic acids is 1. The number of hydrogen-bond acceptors (Lipinski definition) is 3. The predicted molar refractivity (Wildman–Crippen MR) is 73.6 cm³/mol. The lowest BCUT2D eigenvalue weighted by Crippen LogP contribution is -2.48. The minimum Gasteiger partial charge on any atom is -0.355 e. The molecule has 1 heterocycles. The Morgan fingerprint density at radius 1 is 1.47 bits per heavy atom. The van der Waals surface area contributed by atoms with Crippen LogP contribution in [0.4, 0.5) is 0 Å². The van der Waals surface area contributed by atoms with Crippen molar-refractivity contribution in [3.05, 3.63) is 0 Å². The molecule has 1 unspecified atom stereocenters. The molecular formula is C12H26ClN3O. The number of nitrogens with one attached hydrogen (secondary N) is 2. The molecule has 1 aliphatic heterocycles. The van der Waals surface area contributed by atoms with Gasteiger partial charge >= 0.3 is 0 Å². The Hall–Kier alpha value is -0.320. The van der Waals surface area contributed by atoms with Crippen molar-refractivity contribution in [2.45, 2.75) is 32.7 Å². The summed E-state index contributed by atoms with van der Waals surface area (Å²) in [6, 6.07) is 0.548. The van der Waals surface area contributed by atoms with Crippen molar-refractivity contribution in [3.8, 4) is 0 Å². The van der Waals surface area contributed by atoms with Gasteiger partial charge in [-0.25, -0.2) is 0 Å². The predicted octanol–water partition coefficient (Wildman–Crippen LogP) is 0.864. The number of carbonyl (C=O) groups is 1. The van der Waals surface area contributed by atoms with Gasteiger partial charge in [0.05, 0.1) is 6.54 Å². The van der Waals surface area contributed by atoms with Crippen LogP contribution in [0.1, 0.15) is 26.7 Å². The van der Waals surface area contributed by atoms with E-state index in [1.165, 1.54) is 12.8 Å².